The number of nitrogens with zero attached hydrogens (tertiary/aromatic N) is 1. The van der Waals surface area contributed by atoms with E-state index in [2.05, 4.69) is 24.8 Å². The van der Waals surface area contributed by atoms with Gasteiger partial charge in [-0.1, -0.05) is 0 Å². The van der Waals surface area contributed by atoms with Crippen molar-refractivity contribution in [1.29, 1.82) is 0 Å². The van der Waals surface area contributed by atoms with Crippen molar-refractivity contribution in [3.8, 4) is 0 Å². The third-order valence-electron chi connectivity index (χ3n) is 1.21. The van der Waals surface area contributed by atoms with Gasteiger partial charge in [0.25, 0.3) is 0 Å². The number of hydrogen-bond donors (Lipinski definition) is 0. The van der Waals surface area contributed by atoms with Crippen LogP contribution < -0.4 is 0 Å². The summed E-state index contributed by atoms with van der Waals surface area (Å²) in [5.41, 5.74) is 0. The van der Waals surface area contributed by atoms with Gasteiger partial charge in [0.2, 0.25) is 0 Å². The van der Waals surface area contributed by atoms with Crippen LogP contribution >= 0.6 is 0 Å². The first-order valence-corrected chi connectivity index (χ1v) is 8.48. The molecule has 0 fully saturated rings. The van der Waals surface area contributed by atoms with Gasteiger partial charge in [0.05, 0.1) is 0 Å². The van der Waals surface area contributed by atoms with Crippen LogP contribution in [0.5, 0.6) is 0 Å². The molecule has 0 aromatic carbocycles. The third kappa shape index (κ3) is 6.50. The molecule has 50 valence electrons. The minimum atomic E-state index is 0.000347. The molecule has 0 saturated heterocycles. The van der Waals surface area contributed by atoms with Crippen molar-refractivity contribution in [1.82, 2.24) is 4.90 Å². The molecule has 0 aliphatic heterocycles. The maximum atomic E-state index is 2.42. The van der Waals surface area contributed by atoms with Crippen LogP contribution in [-0.4, -0.2) is 41.0 Å². The van der Waals surface area contributed by atoms with E-state index in [4.69, 9.17) is 0 Å². The van der Waals surface area contributed by atoms with Crippen LogP contribution in [0.15, 0.2) is 0 Å². The zero-order valence-electron chi connectivity index (χ0n) is 6.28. The van der Waals surface area contributed by atoms with Crippen LogP contribution in [0.1, 0.15) is 6.42 Å². The van der Waals surface area contributed by atoms with E-state index in [0.29, 0.717) is 0 Å². The summed E-state index contributed by atoms with van der Waals surface area (Å²) in [6.07, 6.45) is 1.43. The van der Waals surface area contributed by atoms with Crippen molar-refractivity contribution in [3.05, 3.63) is 0 Å². The molecule has 8 heavy (non-hydrogen) atoms. The summed E-state index contributed by atoms with van der Waals surface area (Å²) in [5, 5.41) is 1.56. The van der Waals surface area contributed by atoms with Crippen molar-refractivity contribution in [2.24, 2.45) is 0 Å². The van der Waals surface area contributed by atoms with Gasteiger partial charge in [0.1, 0.15) is 0 Å². The fourth-order valence-corrected chi connectivity index (χ4v) is 2.20. The molecular formula is C6H17GeN. The van der Waals surface area contributed by atoms with E-state index in [-0.39, 0.29) is 15.4 Å². The Balaban J connectivity index is 2.72. The van der Waals surface area contributed by atoms with E-state index in [1.165, 1.54) is 13.0 Å². The predicted octanol–water partition coefficient (Wildman–Crippen LogP) is 0.573. The second kappa shape index (κ2) is 5.64. The molecule has 0 aliphatic rings. The molecule has 0 heterocycles. The summed E-state index contributed by atoms with van der Waals surface area (Å²) in [6, 6.07) is 0. The first-order chi connectivity index (χ1) is 3.77. The van der Waals surface area contributed by atoms with Gasteiger partial charge in [-0.2, -0.15) is 0 Å². The Labute approximate surface area is 58.9 Å². The van der Waals surface area contributed by atoms with E-state index < -0.39 is 0 Å². The van der Waals surface area contributed by atoms with Gasteiger partial charge in [-0.3, -0.25) is 0 Å². The SMILES string of the molecule is [CH3][GeH2][CH2]CCN(C)C. The van der Waals surface area contributed by atoms with E-state index in [1.54, 1.807) is 5.25 Å². The molecule has 0 radical (unpaired) electrons. The van der Waals surface area contributed by atoms with Crippen molar-refractivity contribution in [2.45, 2.75) is 17.4 Å². The minimum absolute atomic E-state index is 0.000347. The van der Waals surface area contributed by atoms with Crippen LogP contribution in [0.3, 0.4) is 0 Å². The Kier molecular flexibility index (Phi) is 5.99. The average Bonchev–Trinajstić information content (AvgIpc) is 1.66. The normalized spacial score (nSPS) is 12.0. The van der Waals surface area contributed by atoms with Crippen molar-refractivity contribution in [3.63, 3.8) is 0 Å². The Bertz CT molecular complexity index is 45.8. The van der Waals surface area contributed by atoms with E-state index in [1.807, 2.05) is 0 Å². The Hall–Kier alpha value is 0.503. The van der Waals surface area contributed by atoms with Gasteiger partial charge in [-0.15, -0.1) is 0 Å². The van der Waals surface area contributed by atoms with Crippen LogP contribution in [0.2, 0.25) is 11.0 Å². The van der Waals surface area contributed by atoms with Gasteiger partial charge < -0.3 is 0 Å². The standard InChI is InChI=1S/C6H17GeN/c1-7-5-4-6-8(2)3/h4-7H2,1-3H3. The van der Waals surface area contributed by atoms with Crippen LogP contribution in [0, 0.1) is 0 Å². The van der Waals surface area contributed by atoms with Crippen molar-refractivity contribution < 1.29 is 0 Å². The Morgan fingerprint density at radius 2 is 2.00 bits per heavy atom. The number of rotatable bonds is 4. The Morgan fingerprint density at radius 3 is 2.38 bits per heavy atom. The first kappa shape index (κ1) is 8.50. The quantitative estimate of drug-likeness (QED) is 0.447. The van der Waals surface area contributed by atoms with Gasteiger partial charge >= 0.3 is 58.4 Å². The summed E-state index contributed by atoms with van der Waals surface area (Å²) in [5.74, 6) is 2.42. The molecule has 0 amide bonds. The summed E-state index contributed by atoms with van der Waals surface area (Å²) >= 11 is 0.000347. The predicted molar refractivity (Wildman–Crippen MR) is 42.4 cm³/mol. The zero-order valence-corrected chi connectivity index (χ0v) is 9.24. The topological polar surface area (TPSA) is 3.24 Å². The molecule has 0 N–H and O–H groups in total. The molecule has 0 atom stereocenters. The summed E-state index contributed by atoms with van der Waals surface area (Å²) in [7, 11) is 4.28. The van der Waals surface area contributed by atoms with Gasteiger partial charge in [0, 0.05) is 0 Å². The second-order valence-electron chi connectivity index (χ2n) is 2.51. The second-order valence-corrected chi connectivity index (χ2v) is 6.09. The van der Waals surface area contributed by atoms with E-state index in [9.17, 15) is 0 Å². The molecule has 0 aromatic rings. The van der Waals surface area contributed by atoms with Gasteiger partial charge in [-0.05, 0) is 0 Å². The Morgan fingerprint density at radius 1 is 1.38 bits per heavy atom. The molecule has 0 aliphatic carbocycles. The average molecular weight is 176 g/mol. The molecule has 1 nitrogen and oxygen atoms in total. The maximum absolute atomic E-state index is 2.42. The van der Waals surface area contributed by atoms with Crippen LogP contribution in [0.25, 0.3) is 0 Å². The first-order valence-electron chi connectivity index (χ1n) is 3.42. The molecule has 2 heteroatoms. The van der Waals surface area contributed by atoms with E-state index >= 15 is 0 Å². The summed E-state index contributed by atoms with van der Waals surface area (Å²) in [4.78, 5) is 2.26. The molecule has 0 aromatic heterocycles. The molecule has 0 rings (SSSR count). The van der Waals surface area contributed by atoms with Gasteiger partial charge in [0.15, 0.2) is 0 Å². The molecule has 0 bridgehead atoms. The van der Waals surface area contributed by atoms with Crippen LogP contribution in [-0.2, 0) is 0 Å². The summed E-state index contributed by atoms with van der Waals surface area (Å²) < 4.78 is 0. The van der Waals surface area contributed by atoms with Crippen molar-refractivity contribution >= 4 is 15.4 Å². The molecular weight excluding hydrogens is 159 g/mol. The number of hydrogen-bond acceptors (Lipinski definition) is 1. The monoisotopic (exact) mass is 177 g/mol. The molecule has 0 saturated carbocycles. The van der Waals surface area contributed by atoms with Crippen molar-refractivity contribution in [2.75, 3.05) is 20.6 Å². The zero-order chi connectivity index (χ0) is 6.41. The molecule has 0 unspecified atom stereocenters. The fourth-order valence-electron chi connectivity index (χ4n) is 0.678. The summed E-state index contributed by atoms with van der Waals surface area (Å²) in [6.45, 7) is 1.29. The van der Waals surface area contributed by atoms with Gasteiger partial charge in [-0.25, -0.2) is 0 Å². The molecule has 0 spiro atoms. The van der Waals surface area contributed by atoms with E-state index in [0.717, 1.165) is 0 Å². The third-order valence-corrected chi connectivity index (χ3v) is 3.74. The fraction of sp³-hybridized carbons (Fsp3) is 1.00. The van der Waals surface area contributed by atoms with Crippen LogP contribution in [0.4, 0.5) is 0 Å².